The van der Waals surface area contributed by atoms with E-state index < -0.39 is 32.5 Å². The number of anilines is 3. The number of methoxy groups -OCH3 is 4. The van der Waals surface area contributed by atoms with Gasteiger partial charge in [-0.2, -0.15) is 0 Å². The molecule has 12 nitrogen and oxygen atoms in total. The van der Waals surface area contributed by atoms with Gasteiger partial charge in [0.25, 0.3) is 20.0 Å². The van der Waals surface area contributed by atoms with Gasteiger partial charge in [0.05, 0.1) is 49.6 Å². The van der Waals surface area contributed by atoms with Crippen molar-refractivity contribution in [2.24, 2.45) is 0 Å². The summed E-state index contributed by atoms with van der Waals surface area (Å²) in [6.45, 7) is 1.12. The molecule has 0 saturated heterocycles. The van der Waals surface area contributed by atoms with E-state index in [0.717, 1.165) is 9.87 Å². The largest absolute Gasteiger partial charge is 0.495 e. The third-order valence-electron chi connectivity index (χ3n) is 6.69. The number of hydrogen-bond donors (Lipinski definition) is 2. The van der Waals surface area contributed by atoms with Gasteiger partial charge in [-0.25, -0.2) is 16.8 Å². The van der Waals surface area contributed by atoms with Crippen LogP contribution in [0.3, 0.4) is 0 Å². The SMILES string of the molecule is COc1ccc(C)cc1NS(=O)(=O)c1ccc(NC(=O)CN(c2cc(Cl)ccc2OC)S(=O)(=O)c2ccc(OC)c(OC)c2)cc1. The van der Waals surface area contributed by atoms with E-state index in [0.29, 0.717) is 11.5 Å². The number of carbonyl (C=O) groups excluding carboxylic acids is 1. The smallest absolute Gasteiger partial charge is 0.265 e. The van der Waals surface area contributed by atoms with Crippen LogP contribution in [0.2, 0.25) is 5.02 Å². The van der Waals surface area contributed by atoms with Crippen LogP contribution in [0.5, 0.6) is 23.0 Å². The van der Waals surface area contributed by atoms with Crippen molar-refractivity contribution in [2.45, 2.75) is 16.7 Å². The average Bonchev–Trinajstić information content (AvgIpc) is 3.03. The van der Waals surface area contributed by atoms with Crippen LogP contribution in [0.4, 0.5) is 17.1 Å². The Kier molecular flexibility index (Phi) is 10.6. The molecule has 4 aromatic rings. The molecule has 4 rings (SSSR count). The molecule has 0 aromatic heterocycles. The van der Waals surface area contributed by atoms with E-state index in [1.165, 1.54) is 89.1 Å². The normalized spacial score (nSPS) is 11.3. The molecule has 0 atom stereocenters. The Morgan fingerprint density at radius 2 is 1.30 bits per heavy atom. The first-order valence-corrected chi connectivity index (χ1v) is 16.8. The first kappa shape index (κ1) is 34.2. The highest BCUT2D eigenvalue weighted by Gasteiger charge is 2.31. The summed E-state index contributed by atoms with van der Waals surface area (Å²) in [4.78, 5) is 13.1. The highest BCUT2D eigenvalue weighted by Crippen LogP contribution is 2.37. The molecule has 0 heterocycles. The maximum atomic E-state index is 14.0. The topological polar surface area (TPSA) is 150 Å². The number of carbonyl (C=O) groups is 1. The van der Waals surface area contributed by atoms with Crippen molar-refractivity contribution in [1.82, 2.24) is 0 Å². The predicted octanol–water partition coefficient (Wildman–Crippen LogP) is 5.32. The number of ether oxygens (including phenoxy) is 4. The maximum absolute atomic E-state index is 14.0. The van der Waals surface area contributed by atoms with Crippen LogP contribution in [-0.2, 0) is 24.8 Å². The lowest BCUT2D eigenvalue weighted by molar-refractivity contribution is -0.114. The fourth-order valence-corrected chi connectivity index (χ4v) is 7.08. The number of benzene rings is 4. The molecular formula is C31H32ClN3O9S2. The lowest BCUT2D eigenvalue weighted by atomic mass is 10.2. The molecule has 0 aliphatic heterocycles. The highest BCUT2D eigenvalue weighted by molar-refractivity contribution is 7.93. The zero-order chi connectivity index (χ0) is 33.6. The van der Waals surface area contributed by atoms with Crippen LogP contribution >= 0.6 is 11.6 Å². The Labute approximate surface area is 272 Å². The number of halogens is 1. The van der Waals surface area contributed by atoms with E-state index in [-0.39, 0.29) is 43.4 Å². The van der Waals surface area contributed by atoms with Gasteiger partial charge in [0.1, 0.15) is 18.0 Å². The van der Waals surface area contributed by atoms with Crippen LogP contribution in [-0.4, -0.2) is 57.7 Å². The minimum absolute atomic E-state index is 0.0130. The van der Waals surface area contributed by atoms with E-state index >= 15 is 0 Å². The van der Waals surface area contributed by atoms with Gasteiger partial charge in [-0.15, -0.1) is 0 Å². The second kappa shape index (κ2) is 14.2. The Morgan fingerprint density at radius 1 is 0.717 bits per heavy atom. The summed E-state index contributed by atoms with van der Waals surface area (Å²) in [5.41, 5.74) is 1.33. The molecule has 0 aliphatic carbocycles. The number of nitrogens with zero attached hydrogens (tertiary/aromatic N) is 1. The van der Waals surface area contributed by atoms with E-state index in [4.69, 9.17) is 30.5 Å². The molecule has 46 heavy (non-hydrogen) atoms. The van der Waals surface area contributed by atoms with Crippen molar-refractivity contribution >= 4 is 54.6 Å². The Balaban J connectivity index is 1.62. The number of amides is 1. The van der Waals surface area contributed by atoms with Gasteiger partial charge >= 0.3 is 0 Å². The highest BCUT2D eigenvalue weighted by atomic mass is 35.5. The molecular weight excluding hydrogens is 658 g/mol. The van der Waals surface area contributed by atoms with Crippen LogP contribution in [0.15, 0.2) is 88.7 Å². The Hall–Kier alpha value is -4.66. The number of hydrogen-bond acceptors (Lipinski definition) is 9. The Bertz CT molecular complexity index is 1950. The van der Waals surface area contributed by atoms with Gasteiger partial charge < -0.3 is 24.3 Å². The summed E-state index contributed by atoms with van der Waals surface area (Å²) in [5, 5.41) is 2.82. The summed E-state index contributed by atoms with van der Waals surface area (Å²) >= 11 is 6.22. The van der Waals surface area contributed by atoms with E-state index in [1.807, 2.05) is 6.92 Å². The van der Waals surface area contributed by atoms with Gasteiger partial charge in [-0.1, -0.05) is 17.7 Å². The molecule has 1 amide bonds. The lowest BCUT2D eigenvalue weighted by Crippen LogP contribution is -2.38. The third kappa shape index (κ3) is 7.58. The number of nitrogens with one attached hydrogen (secondary N) is 2. The van der Waals surface area contributed by atoms with Crippen molar-refractivity contribution in [3.05, 3.63) is 89.4 Å². The van der Waals surface area contributed by atoms with Gasteiger partial charge in [0, 0.05) is 16.8 Å². The van der Waals surface area contributed by atoms with Crippen LogP contribution in [0.25, 0.3) is 0 Å². The first-order chi connectivity index (χ1) is 21.8. The lowest BCUT2D eigenvalue weighted by Gasteiger charge is -2.26. The molecule has 0 unspecified atom stereocenters. The number of sulfonamides is 2. The third-order valence-corrected chi connectivity index (χ3v) is 10.1. The quantitative estimate of drug-likeness (QED) is 0.190. The summed E-state index contributed by atoms with van der Waals surface area (Å²) in [6, 6.07) is 18.8. The predicted molar refractivity (Wildman–Crippen MR) is 176 cm³/mol. The van der Waals surface area contributed by atoms with E-state index in [2.05, 4.69) is 10.0 Å². The van der Waals surface area contributed by atoms with Gasteiger partial charge in [-0.05, 0) is 79.2 Å². The second-order valence-corrected chi connectivity index (χ2v) is 13.7. The zero-order valence-electron chi connectivity index (χ0n) is 25.5. The van der Waals surface area contributed by atoms with Gasteiger partial charge in [-0.3, -0.25) is 13.8 Å². The molecule has 2 N–H and O–H groups in total. The van der Waals surface area contributed by atoms with Crippen molar-refractivity contribution in [2.75, 3.05) is 49.3 Å². The second-order valence-electron chi connectivity index (χ2n) is 9.73. The van der Waals surface area contributed by atoms with Crippen LogP contribution < -0.4 is 33.3 Å². The van der Waals surface area contributed by atoms with Crippen molar-refractivity contribution in [3.63, 3.8) is 0 Å². The zero-order valence-corrected chi connectivity index (χ0v) is 27.9. The Morgan fingerprint density at radius 3 is 1.93 bits per heavy atom. The number of aryl methyl sites for hydroxylation is 1. The molecule has 0 saturated carbocycles. The van der Waals surface area contributed by atoms with Crippen LogP contribution in [0.1, 0.15) is 5.56 Å². The molecule has 0 aliphatic rings. The molecule has 0 bridgehead atoms. The minimum Gasteiger partial charge on any atom is -0.495 e. The maximum Gasteiger partial charge on any atom is 0.265 e. The molecule has 15 heteroatoms. The monoisotopic (exact) mass is 689 g/mol. The summed E-state index contributed by atoms with van der Waals surface area (Å²) in [7, 11) is -2.85. The van der Waals surface area contributed by atoms with E-state index in [9.17, 15) is 21.6 Å². The average molecular weight is 690 g/mol. The van der Waals surface area contributed by atoms with E-state index in [1.54, 1.807) is 18.2 Å². The molecule has 0 radical (unpaired) electrons. The fraction of sp³-hybridized carbons (Fsp3) is 0.194. The molecule has 0 spiro atoms. The number of rotatable bonds is 13. The first-order valence-electron chi connectivity index (χ1n) is 13.5. The molecule has 244 valence electrons. The summed E-state index contributed by atoms with van der Waals surface area (Å²) < 4.78 is 78.7. The van der Waals surface area contributed by atoms with Crippen LogP contribution in [0, 0.1) is 6.92 Å². The minimum atomic E-state index is -4.41. The molecule has 0 fully saturated rings. The van der Waals surface area contributed by atoms with Gasteiger partial charge in [0.15, 0.2) is 11.5 Å². The summed E-state index contributed by atoms with van der Waals surface area (Å²) in [6.07, 6.45) is 0. The van der Waals surface area contributed by atoms with Crippen molar-refractivity contribution in [1.29, 1.82) is 0 Å². The van der Waals surface area contributed by atoms with Gasteiger partial charge in [0.2, 0.25) is 5.91 Å². The molecule has 4 aromatic carbocycles. The summed E-state index contributed by atoms with van der Waals surface area (Å²) in [5.74, 6) is 0.237. The standard InChI is InChI=1S/C31H32ClN3O9S2/c1-20-6-13-27(41-2)25(16-20)34-45(37,38)23-10-8-22(9-11-23)33-31(36)19-35(26-17-21(32)7-14-28(26)42-3)46(39,40)24-12-15-29(43-4)30(18-24)44-5/h6-18,34H,19H2,1-5H3,(H,33,36). The fourth-order valence-electron chi connectivity index (χ4n) is 4.42. The van der Waals surface area contributed by atoms with Crippen molar-refractivity contribution < 1.29 is 40.6 Å². The van der Waals surface area contributed by atoms with Crippen molar-refractivity contribution in [3.8, 4) is 23.0 Å².